The molecule has 0 spiro atoms. The van der Waals surface area contributed by atoms with Crippen molar-refractivity contribution < 1.29 is 19.1 Å². The Hall–Kier alpha value is -2.86. The van der Waals surface area contributed by atoms with Gasteiger partial charge in [-0.1, -0.05) is 18.2 Å². The van der Waals surface area contributed by atoms with Crippen molar-refractivity contribution in [1.29, 1.82) is 0 Å². The van der Waals surface area contributed by atoms with E-state index in [0.29, 0.717) is 23.6 Å². The Balaban J connectivity index is 1.22. The van der Waals surface area contributed by atoms with Crippen molar-refractivity contribution in [2.75, 3.05) is 38.2 Å². The van der Waals surface area contributed by atoms with Gasteiger partial charge in [0.2, 0.25) is 0 Å². The van der Waals surface area contributed by atoms with Gasteiger partial charge in [-0.25, -0.2) is 0 Å². The van der Waals surface area contributed by atoms with E-state index in [9.17, 15) is 9.59 Å². The second kappa shape index (κ2) is 9.30. The Kier molecular flexibility index (Phi) is 6.33. The highest BCUT2D eigenvalue weighted by atomic mass is 16.5. The molecule has 158 valence electrons. The number of anilines is 1. The van der Waals surface area contributed by atoms with E-state index < -0.39 is 0 Å². The molecule has 0 aliphatic carbocycles. The van der Waals surface area contributed by atoms with Crippen LogP contribution in [0.15, 0.2) is 42.5 Å². The number of Topliss-reactive ketones (excluding diaryl/α,β-unsaturated/α-hetero) is 1. The second-order valence-corrected chi connectivity index (χ2v) is 8.00. The number of piperidine rings is 1. The zero-order chi connectivity index (χ0) is 20.9. The number of ether oxygens (including phenoxy) is 2. The molecule has 2 aliphatic rings. The van der Waals surface area contributed by atoms with Gasteiger partial charge in [-0.3, -0.25) is 9.59 Å². The molecule has 0 unspecified atom stereocenters. The lowest BCUT2D eigenvalue weighted by atomic mass is 9.88. The first-order chi connectivity index (χ1) is 14.6. The number of hydrogen-bond acceptors (Lipinski definition) is 5. The van der Waals surface area contributed by atoms with Crippen molar-refractivity contribution in [1.82, 2.24) is 4.90 Å². The Labute approximate surface area is 177 Å². The standard InChI is InChI=1S/C24H28N2O4/c1-17-5-2-3-6-21(17)29-14-4-11-26-12-9-18(10-13-26)24(28)19-7-8-22-20(15-19)25-23(27)16-30-22/h2-3,5-8,15,18H,4,9-14,16H2,1H3,(H,25,27). The van der Waals surface area contributed by atoms with Crippen LogP contribution in [-0.4, -0.2) is 49.4 Å². The topological polar surface area (TPSA) is 67.9 Å². The van der Waals surface area contributed by atoms with Crippen LogP contribution in [0.4, 0.5) is 5.69 Å². The van der Waals surface area contributed by atoms with Crippen LogP contribution in [-0.2, 0) is 4.79 Å². The molecule has 1 fully saturated rings. The summed E-state index contributed by atoms with van der Waals surface area (Å²) in [5, 5.41) is 2.77. The predicted octanol–water partition coefficient (Wildman–Crippen LogP) is 3.69. The minimum absolute atomic E-state index is 0.0226. The van der Waals surface area contributed by atoms with Gasteiger partial charge in [0.15, 0.2) is 12.4 Å². The first-order valence-electron chi connectivity index (χ1n) is 10.6. The molecule has 0 radical (unpaired) electrons. The number of nitrogens with zero attached hydrogens (tertiary/aromatic N) is 1. The second-order valence-electron chi connectivity index (χ2n) is 8.00. The monoisotopic (exact) mass is 408 g/mol. The Morgan fingerprint density at radius 1 is 1.20 bits per heavy atom. The van der Waals surface area contributed by atoms with Crippen LogP contribution in [0.2, 0.25) is 0 Å². The van der Waals surface area contributed by atoms with E-state index in [0.717, 1.165) is 50.2 Å². The summed E-state index contributed by atoms with van der Waals surface area (Å²) in [5.74, 6) is 1.57. The lowest BCUT2D eigenvalue weighted by Crippen LogP contribution is -2.37. The number of carbonyl (C=O) groups excluding carboxylic acids is 2. The highest BCUT2D eigenvalue weighted by molar-refractivity contribution is 6.01. The maximum atomic E-state index is 12.9. The normalized spacial score (nSPS) is 17.0. The Bertz CT molecular complexity index is 919. The third-order valence-electron chi connectivity index (χ3n) is 5.83. The smallest absolute Gasteiger partial charge is 0.262 e. The molecule has 0 bridgehead atoms. The summed E-state index contributed by atoms with van der Waals surface area (Å²) in [6.45, 7) is 5.61. The highest BCUT2D eigenvalue weighted by Gasteiger charge is 2.27. The zero-order valence-corrected chi connectivity index (χ0v) is 17.4. The summed E-state index contributed by atoms with van der Waals surface area (Å²) in [7, 11) is 0. The maximum Gasteiger partial charge on any atom is 0.262 e. The van der Waals surface area contributed by atoms with E-state index in [-0.39, 0.29) is 24.2 Å². The van der Waals surface area contributed by atoms with Crippen LogP contribution in [0, 0.1) is 12.8 Å². The SMILES string of the molecule is Cc1ccccc1OCCCN1CCC(C(=O)c2ccc3c(c2)NC(=O)CO3)CC1. The first-order valence-corrected chi connectivity index (χ1v) is 10.6. The molecule has 1 amide bonds. The van der Waals surface area contributed by atoms with E-state index in [1.54, 1.807) is 18.2 Å². The highest BCUT2D eigenvalue weighted by Crippen LogP contribution is 2.30. The van der Waals surface area contributed by atoms with Gasteiger partial charge in [-0.2, -0.15) is 0 Å². The van der Waals surface area contributed by atoms with Crippen molar-refractivity contribution in [2.45, 2.75) is 26.2 Å². The zero-order valence-electron chi connectivity index (χ0n) is 17.4. The van der Waals surface area contributed by atoms with E-state index in [2.05, 4.69) is 23.2 Å². The number of amides is 1. The van der Waals surface area contributed by atoms with Crippen molar-refractivity contribution in [3.8, 4) is 11.5 Å². The third-order valence-corrected chi connectivity index (χ3v) is 5.83. The molecule has 4 rings (SSSR count). The molecule has 6 heteroatoms. The fraction of sp³-hybridized carbons (Fsp3) is 0.417. The van der Waals surface area contributed by atoms with Gasteiger partial charge in [0.25, 0.3) is 5.91 Å². The Morgan fingerprint density at radius 2 is 2.00 bits per heavy atom. The lowest BCUT2D eigenvalue weighted by molar-refractivity contribution is -0.118. The molecule has 2 aromatic carbocycles. The summed E-state index contributed by atoms with van der Waals surface area (Å²) < 4.78 is 11.2. The molecule has 1 N–H and O–H groups in total. The largest absolute Gasteiger partial charge is 0.493 e. The van der Waals surface area contributed by atoms with Crippen LogP contribution >= 0.6 is 0 Å². The van der Waals surface area contributed by atoms with Crippen molar-refractivity contribution in [3.63, 3.8) is 0 Å². The van der Waals surface area contributed by atoms with Crippen LogP contribution < -0.4 is 14.8 Å². The van der Waals surface area contributed by atoms with Gasteiger partial charge < -0.3 is 19.7 Å². The lowest BCUT2D eigenvalue weighted by Gasteiger charge is -2.31. The molecule has 30 heavy (non-hydrogen) atoms. The van der Waals surface area contributed by atoms with E-state index in [4.69, 9.17) is 9.47 Å². The number of benzene rings is 2. The van der Waals surface area contributed by atoms with E-state index in [1.807, 2.05) is 18.2 Å². The van der Waals surface area contributed by atoms with E-state index >= 15 is 0 Å². The molecule has 6 nitrogen and oxygen atoms in total. The van der Waals surface area contributed by atoms with Crippen molar-refractivity contribution in [3.05, 3.63) is 53.6 Å². The molecule has 2 aromatic rings. The number of nitrogens with one attached hydrogen (secondary N) is 1. The van der Waals surface area contributed by atoms with Gasteiger partial charge in [-0.15, -0.1) is 0 Å². The molecule has 0 atom stereocenters. The number of hydrogen-bond donors (Lipinski definition) is 1. The first kappa shape index (κ1) is 20.4. The van der Waals surface area contributed by atoms with Crippen LogP contribution in [0.3, 0.4) is 0 Å². The summed E-state index contributed by atoms with van der Waals surface area (Å²) in [6.07, 6.45) is 2.69. The summed E-state index contributed by atoms with van der Waals surface area (Å²) in [6, 6.07) is 13.4. The van der Waals surface area contributed by atoms with E-state index in [1.165, 1.54) is 0 Å². The minimum atomic E-state index is -0.188. The van der Waals surface area contributed by atoms with Crippen molar-refractivity contribution in [2.24, 2.45) is 5.92 Å². The number of fused-ring (bicyclic) bond motifs is 1. The molecule has 2 aliphatic heterocycles. The van der Waals surface area contributed by atoms with Crippen molar-refractivity contribution >= 4 is 17.4 Å². The number of ketones is 1. The van der Waals surface area contributed by atoms with Gasteiger partial charge in [0.05, 0.1) is 12.3 Å². The molecule has 2 heterocycles. The molecular weight excluding hydrogens is 380 g/mol. The maximum absolute atomic E-state index is 12.9. The fourth-order valence-corrected chi connectivity index (χ4v) is 4.08. The average molecular weight is 408 g/mol. The van der Waals surface area contributed by atoms with Gasteiger partial charge >= 0.3 is 0 Å². The molecule has 0 aromatic heterocycles. The van der Waals surface area contributed by atoms with Gasteiger partial charge in [-0.05, 0) is 69.1 Å². The van der Waals surface area contributed by atoms with Crippen LogP contribution in [0.1, 0.15) is 35.2 Å². The summed E-state index contributed by atoms with van der Waals surface area (Å²) in [4.78, 5) is 26.9. The number of carbonyl (C=O) groups is 2. The predicted molar refractivity (Wildman–Crippen MR) is 115 cm³/mol. The molecule has 1 saturated heterocycles. The number of para-hydroxylation sites is 1. The Morgan fingerprint density at radius 3 is 2.80 bits per heavy atom. The van der Waals surface area contributed by atoms with Gasteiger partial charge in [0.1, 0.15) is 11.5 Å². The summed E-state index contributed by atoms with van der Waals surface area (Å²) >= 11 is 0. The average Bonchev–Trinajstić information content (AvgIpc) is 2.77. The minimum Gasteiger partial charge on any atom is -0.493 e. The van der Waals surface area contributed by atoms with Crippen LogP contribution in [0.5, 0.6) is 11.5 Å². The quantitative estimate of drug-likeness (QED) is 0.559. The third kappa shape index (κ3) is 4.82. The fourth-order valence-electron chi connectivity index (χ4n) is 4.08. The molecular formula is C24H28N2O4. The number of aryl methyl sites for hydroxylation is 1. The number of rotatable bonds is 7. The van der Waals surface area contributed by atoms with Gasteiger partial charge in [0, 0.05) is 18.0 Å². The summed E-state index contributed by atoms with van der Waals surface area (Å²) in [5.41, 5.74) is 2.39. The number of likely N-dealkylation sites (tertiary alicyclic amines) is 1. The van der Waals surface area contributed by atoms with Crippen LogP contribution in [0.25, 0.3) is 0 Å². The molecule has 0 saturated carbocycles.